The molecule has 108 valence electrons. The second-order valence-corrected chi connectivity index (χ2v) is 5.96. The van der Waals surface area contributed by atoms with E-state index < -0.39 is 6.10 Å². The molecule has 0 aliphatic heterocycles. The van der Waals surface area contributed by atoms with Crippen LogP contribution in [0.1, 0.15) is 31.1 Å². The van der Waals surface area contributed by atoms with E-state index in [2.05, 4.69) is 18.3 Å². The number of rotatable bonds is 5. The van der Waals surface area contributed by atoms with Crippen LogP contribution in [0.4, 0.5) is 0 Å². The number of nitrogens with one attached hydrogen (secondary N) is 1. The lowest BCUT2D eigenvalue weighted by Gasteiger charge is -2.26. The summed E-state index contributed by atoms with van der Waals surface area (Å²) in [5.41, 5.74) is 1.74. The standard InChI is InChI=1S/C17H23NO2/c1-12-8-9-15(14-7-5-4-6-13(12)14)16(20)10-18-17(2,3)11-19/h4-9,16,18-20H,10-11H2,1-3H3/t16-/m0/s1. The second-order valence-electron chi connectivity index (χ2n) is 5.96. The largest absolute Gasteiger partial charge is 0.394 e. The smallest absolute Gasteiger partial charge is 0.0920 e. The minimum Gasteiger partial charge on any atom is -0.394 e. The lowest BCUT2D eigenvalue weighted by Crippen LogP contribution is -2.44. The van der Waals surface area contributed by atoms with Crippen LogP contribution >= 0.6 is 0 Å². The minimum absolute atomic E-state index is 0.0361. The van der Waals surface area contributed by atoms with Crippen LogP contribution in [0, 0.1) is 6.92 Å². The summed E-state index contributed by atoms with van der Waals surface area (Å²) in [7, 11) is 0. The summed E-state index contributed by atoms with van der Waals surface area (Å²) in [6, 6.07) is 12.1. The molecule has 0 unspecified atom stereocenters. The lowest BCUT2D eigenvalue weighted by atomic mass is 9.96. The number of aryl methyl sites for hydroxylation is 1. The first-order valence-electron chi connectivity index (χ1n) is 6.97. The first kappa shape index (κ1) is 15.0. The summed E-state index contributed by atoms with van der Waals surface area (Å²) in [6.45, 7) is 6.35. The van der Waals surface area contributed by atoms with Crippen molar-refractivity contribution in [3.05, 3.63) is 47.5 Å². The van der Waals surface area contributed by atoms with E-state index in [9.17, 15) is 10.2 Å². The molecular weight excluding hydrogens is 250 g/mol. The van der Waals surface area contributed by atoms with Crippen LogP contribution < -0.4 is 5.32 Å². The number of benzene rings is 2. The van der Waals surface area contributed by atoms with Gasteiger partial charge >= 0.3 is 0 Å². The molecule has 0 radical (unpaired) electrons. The lowest BCUT2D eigenvalue weighted by molar-refractivity contribution is 0.137. The van der Waals surface area contributed by atoms with Gasteiger partial charge in [0.2, 0.25) is 0 Å². The molecule has 0 amide bonds. The Kier molecular flexibility index (Phi) is 4.43. The van der Waals surface area contributed by atoms with Crippen molar-refractivity contribution in [3.63, 3.8) is 0 Å². The normalized spacial score (nSPS) is 13.7. The maximum Gasteiger partial charge on any atom is 0.0920 e. The molecular formula is C17H23NO2. The second kappa shape index (κ2) is 5.92. The molecule has 2 rings (SSSR count). The van der Waals surface area contributed by atoms with Crippen molar-refractivity contribution in [2.45, 2.75) is 32.4 Å². The molecule has 2 aromatic carbocycles. The minimum atomic E-state index is -0.591. The molecule has 0 aliphatic carbocycles. The zero-order valence-corrected chi connectivity index (χ0v) is 12.4. The third-order valence-electron chi connectivity index (χ3n) is 3.70. The number of hydrogen-bond donors (Lipinski definition) is 3. The van der Waals surface area contributed by atoms with Gasteiger partial charge in [0, 0.05) is 12.1 Å². The first-order valence-corrected chi connectivity index (χ1v) is 6.97. The molecule has 20 heavy (non-hydrogen) atoms. The fourth-order valence-electron chi connectivity index (χ4n) is 2.30. The highest BCUT2D eigenvalue weighted by Gasteiger charge is 2.19. The fraction of sp³-hybridized carbons (Fsp3) is 0.412. The fourth-order valence-corrected chi connectivity index (χ4v) is 2.30. The van der Waals surface area contributed by atoms with Gasteiger partial charge in [-0.1, -0.05) is 36.4 Å². The van der Waals surface area contributed by atoms with Crippen LogP contribution in [0.15, 0.2) is 36.4 Å². The van der Waals surface area contributed by atoms with Gasteiger partial charge < -0.3 is 15.5 Å². The first-order chi connectivity index (χ1) is 9.44. The molecule has 0 saturated carbocycles. The molecule has 0 fully saturated rings. The highest BCUT2D eigenvalue weighted by Crippen LogP contribution is 2.26. The Morgan fingerprint density at radius 1 is 1.10 bits per heavy atom. The van der Waals surface area contributed by atoms with E-state index in [0.717, 1.165) is 10.9 Å². The molecule has 0 aliphatic rings. The molecule has 3 N–H and O–H groups in total. The van der Waals surface area contributed by atoms with Gasteiger partial charge in [0.25, 0.3) is 0 Å². The number of aliphatic hydroxyl groups is 2. The molecule has 1 atom stereocenters. The van der Waals surface area contributed by atoms with Crippen molar-refractivity contribution >= 4 is 10.8 Å². The van der Waals surface area contributed by atoms with Gasteiger partial charge in [-0.25, -0.2) is 0 Å². The summed E-state index contributed by atoms with van der Waals surface area (Å²) in [4.78, 5) is 0. The van der Waals surface area contributed by atoms with Crippen molar-refractivity contribution in [1.82, 2.24) is 5.32 Å². The predicted molar refractivity (Wildman–Crippen MR) is 82.8 cm³/mol. The SMILES string of the molecule is Cc1ccc([C@@H](O)CNC(C)(C)CO)c2ccccc12. The molecule has 3 heteroatoms. The maximum atomic E-state index is 10.4. The van der Waals surface area contributed by atoms with Gasteiger partial charge in [-0.3, -0.25) is 0 Å². The molecule has 0 bridgehead atoms. The Labute approximate surface area is 120 Å². The van der Waals surface area contributed by atoms with Gasteiger partial charge in [-0.05, 0) is 42.7 Å². The van der Waals surface area contributed by atoms with Crippen molar-refractivity contribution in [2.24, 2.45) is 0 Å². The van der Waals surface area contributed by atoms with Gasteiger partial charge in [0.1, 0.15) is 0 Å². The van der Waals surface area contributed by atoms with Crippen LogP contribution in [0.3, 0.4) is 0 Å². The van der Waals surface area contributed by atoms with Gasteiger partial charge in [-0.15, -0.1) is 0 Å². The van der Waals surface area contributed by atoms with Crippen molar-refractivity contribution in [1.29, 1.82) is 0 Å². The third-order valence-corrected chi connectivity index (χ3v) is 3.70. The van der Waals surface area contributed by atoms with Crippen molar-refractivity contribution in [3.8, 4) is 0 Å². The van der Waals surface area contributed by atoms with Crippen LogP contribution in [0.5, 0.6) is 0 Å². The summed E-state index contributed by atoms with van der Waals surface area (Å²) in [6.07, 6.45) is -0.591. The highest BCUT2D eigenvalue weighted by molar-refractivity contribution is 5.88. The number of β-amino-alcohol motifs (C(OH)–C–C–N with tert-alkyl or cyclic N) is 1. The van der Waals surface area contributed by atoms with Crippen LogP contribution in [0.25, 0.3) is 10.8 Å². The van der Waals surface area contributed by atoms with Gasteiger partial charge in [-0.2, -0.15) is 0 Å². The number of fused-ring (bicyclic) bond motifs is 1. The quantitative estimate of drug-likeness (QED) is 0.784. The highest BCUT2D eigenvalue weighted by atomic mass is 16.3. The molecule has 0 heterocycles. The van der Waals surface area contributed by atoms with Crippen molar-refractivity contribution in [2.75, 3.05) is 13.2 Å². The Bertz CT molecular complexity index is 593. The zero-order chi connectivity index (χ0) is 14.8. The van der Waals surface area contributed by atoms with E-state index in [-0.39, 0.29) is 12.1 Å². The summed E-state index contributed by atoms with van der Waals surface area (Å²) < 4.78 is 0. The molecule has 0 spiro atoms. The number of hydrogen-bond acceptors (Lipinski definition) is 3. The van der Waals surface area contributed by atoms with E-state index in [1.54, 1.807) is 0 Å². The Morgan fingerprint density at radius 2 is 1.75 bits per heavy atom. The van der Waals surface area contributed by atoms with Crippen LogP contribution in [-0.4, -0.2) is 28.9 Å². The topological polar surface area (TPSA) is 52.5 Å². The number of aliphatic hydroxyl groups excluding tert-OH is 2. The van der Waals surface area contributed by atoms with Crippen LogP contribution in [0.2, 0.25) is 0 Å². The summed E-state index contributed by atoms with van der Waals surface area (Å²) in [5.74, 6) is 0. The van der Waals surface area contributed by atoms with Gasteiger partial charge in [0.05, 0.1) is 12.7 Å². The van der Waals surface area contributed by atoms with E-state index in [1.807, 2.05) is 44.2 Å². The molecule has 3 nitrogen and oxygen atoms in total. The Balaban J connectivity index is 2.27. The van der Waals surface area contributed by atoms with Gasteiger partial charge in [0.15, 0.2) is 0 Å². The van der Waals surface area contributed by atoms with E-state index in [1.165, 1.54) is 10.9 Å². The van der Waals surface area contributed by atoms with E-state index >= 15 is 0 Å². The van der Waals surface area contributed by atoms with E-state index in [4.69, 9.17) is 0 Å². The van der Waals surface area contributed by atoms with E-state index in [0.29, 0.717) is 6.54 Å². The average molecular weight is 273 g/mol. The molecule has 2 aromatic rings. The van der Waals surface area contributed by atoms with Crippen LogP contribution in [-0.2, 0) is 0 Å². The summed E-state index contributed by atoms with van der Waals surface area (Å²) in [5, 5.41) is 25.1. The Morgan fingerprint density at radius 3 is 2.40 bits per heavy atom. The molecule has 0 aromatic heterocycles. The van der Waals surface area contributed by atoms with Crippen molar-refractivity contribution < 1.29 is 10.2 Å². The predicted octanol–water partition coefficient (Wildman–Crippen LogP) is 2.54. The molecule has 0 saturated heterocycles. The average Bonchev–Trinajstić information content (AvgIpc) is 2.46. The Hall–Kier alpha value is -1.42. The maximum absolute atomic E-state index is 10.4. The summed E-state index contributed by atoms with van der Waals surface area (Å²) >= 11 is 0. The zero-order valence-electron chi connectivity index (χ0n) is 12.4. The third kappa shape index (κ3) is 3.18. The monoisotopic (exact) mass is 273 g/mol.